The Balaban J connectivity index is 2.05. The van der Waals surface area contributed by atoms with Gasteiger partial charge in [0.15, 0.2) is 0 Å². The Morgan fingerprint density at radius 2 is 1.96 bits per heavy atom. The summed E-state index contributed by atoms with van der Waals surface area (Å²) in [6.07, 6.45) is 2.47. The molecule has 0 aromatic heterocycles. The molecular formula is C19H28N2O4. The fraction of sp³-hybridized carbons (Fsp3) is 0.579. The molecule has 1 aliphatic rings. The summed E-state index contributed by atoms with van der Waals surface area (Å²) < 4.78 is 5.17. The monoisotopic (exact) mass is 348 g/mol. The van der Waals surface area contributed by atoms with Gasteiger partial charge in [0.1, 0.15) is 11.4 Å². The van der Waals surface area contributed by atoms with Gasteiger partial charge in [-0.2, -0.15) is 0 Å². The third kappa shape index (κ3) is 5.66. The number of benzene rings is 1. The number of anilines is 1. The molecular weight excluding hydrogens is 320 g/mol. The van der Waals surface area contributed by atoms with Crippen LogP contribution < -0.4 is 5.32 Å². The molecule has 6 heteroatoms. The number of nitrogens with one attached hydrogen (secondary N) is 1. The number of phenols is 1. The number of carbonyl (C=O) groups is 2. The second-order valence-electron chi connectivity index (χ2n) is 7.69. The molecule has 2 N–H and O–H groups in total. The molecule has 1 saturated heterocycles. The lowest BCUT2D eigenvalue weighted by atomic mass is 10.0. The number of aromatic hydroxyl groups is 1. The van der Waals surface area contributed by atoms with Crippen molar-refractivity contribution in [1.29, 1.82) is 0 Å². The second kappa shape index (κ2) is 7.76. The SMILES string of the molecule is CC1CCCN(C(=O)c2ccc(NC(=O)OC(C)(C)C)cc2O)CC1. The Hall–Kier alpha value is -2.24. The molecule has 1 fully saturated rings. The average molecular weight is 348 g/mol. The van der Waals surface area contributed by atoms with Crippen molar-refractivity contribution in [2.75, 3.05) is 18.4 Å². The van der Waals surface area contributed by atoms with Crippen molar-refractivity contribution in [1.82, 2.24) is 4.90 Å². The molecule has 0 radical (unpaired) electrons. The van der Waals surface area contributed by atoms with E-state index >= 15 is 0 Å². The molecule has 1 aromatic rings. The lowest BCUT2D eigenvalue weighted by molar-refractivity contribution is 0.0635. The quantitative estimate of drug-likeness (QED) is 0.846. The van der Waals surface area contributed by atoms with Crippen LogP contribution in [0.1, 0.15) is 57.3 Å². The Kier molecular flexibility index (Phi) is 5.93. The molecule has 1 atom stereocenters. The van der Waals surface area contributed by atoms with E-state index in [2.05, 4.69) is 12.2 Å². The molecule has 0 aliphatic carbocycles. The van der Waals surface area contributed by atoms with Crippen molar-refractivity contribution in [3.63, 3.8) is 0 Å². The highest BCUT2D eigenvalue weighted by molar-refractivity contribution is 5.98. The summed E-state index contributed by atoms with van der Waals surface area (Å²) in [5.74, 6) is 0.304. The molecule has 0 bridgehead atoms. The van der Waals surface area contributed by atoms with E-state index in [1.54, 1.807) is 37.8 Å². The Morgan fingerprint density at radius 1 is 1.24 bits per heavy atom. The van der Waals surface area contributed by atoms with Gasteiger partial charge in [-0.15, -0.1) is 0 Å². The van der Waals surface area contributed by atoms with Crippen molar-refractivity contribution in [3.05, 3.63) is 23.8 Å². The number of nitrogens with zero attached hydrogens (tertiary/aromatic N) is 1. The van der Waals surface area contributed by atoms with Gasteiger partial charge in [0, 0.05) is 24.8 Å². The largest absolute Gasteiger partial charge is 0.507 e. The maximum Gasteiger partial charge on any atom is 0.412 e. The van der Waals surface area contributed by atoms with Crippen LogP contribution in [0.3, 0.4) is 0 Å². The minimum absolute atomic E-state index is 0.143. The van der Waals surface area contributed by atoms with E-state index in [-0.39, 0.29) is 17.2 Å². The van der Waals surface area contributed by atoms with Crippen molar-refractivity contribution in [2.24, 2.45) is 5.92 Å². The molecule has 6 nitrogen and oxygen atoms in total. The molecule has 2 amide bonds. The first-order valence-electron chi connectivity index (χ1n) is 8.78. The molecule has 25 heavy (non-hydrogen) atoms. The van der Waals surface area contributed by atoms with Gasteiger partial charge in [-0.25, -0.2) is 4.79 Å². The molecule has 0 saturated carbocycles. The number of hydrogen-bond acceptors (Lipinski definition) is 4. The van der Waals surface area contributed by atoms with Crippen LogP contribution in [0.5, 0.6) is 5.75 Å². The molecule has 1 unspecified atom stereocenters. The molecule has 1 aliphatic heterocycles. The van der Waals surface area contributed by atoms with Crippen molar-refractivity contribution >= 4 is 17.7 Å². The van der Waals surface area contributed by atoms with E-state index < -0.39 is 11.7 Å². The average Bonchev–Trinajstić information content (AvgIpc) is 2.69. The first-order valence-corrected chi connectivity index (χ1v) is 8.78. The lowest BCUT2D eigenvalue weighted by Gasteiger charge is -2.22. The minimum Gasteiger partial charge on any atom is -0.507 e. The number of ether oxygens (including phenoxy) is 1. The highest BCUT2D eigenvalue weighted by Crippen LogP contribution is 2.26. The van der Waals surface area contributed by atoms with Gasteiger partial charge in [-0.05, 0) is 58.1 Å². The van der Waals surface area contributed by atoms with E-state index in [9.17, 15) is 14.7 Å². The summed E-state index contributed by atoms with van der Waals surface area (Å²) in [5.41, 5.74) is 0.0310. The van der Waals surface area contributed by atoms with Crippen LogP contribution in [-0.4, -0.2) is 40.7 Å². The highest BCUT2D eigenvalue weighted by atomic mass is 16.6. The first-order chi connectivity index (χ1) is 11.7. The van der Waals surface area contributed by atoms with Crippen LogP contribution in [0.15, 0.2) is 18.2 Å². The maximum atomic E-state index is 12.7. The number of likely N-dealkylation sites (tertiary alicyclic amines) is 1. The van der Waals surface area contributed by atoms with Gasteiger partial charge in [0.25, 0.3) is 5.91 Å². The third-order valence-corrected chi connectivity index (χ3v) is 4.18. The normalized spacial score (nSPS) is 18.4. The number of phenolic OH excluding ortho intramolecular Hbond substituents is 1. The van der Waals surface area contributed by atoms with Crippen molar-refractivity contribution in [3.8, 4) is 5.75 Å². The summed E-state index contributed by atoms with van der Waals surface area (Å²) in [6, 6.07) is 4.51. The number of hydrogen-bond donors (Lipinski definition) is 2. The van der Waals surface area contributed by atoms with Crippen LogP contribution in [0, 0.1) is 5.92 Å². The fourth-order valence-electron chi connectivity index (χ4n) is 2.85. The molecule has 138 valence electrons. The highest BCUT2D eigenvalue weighted by Gasteiger charge is 2.22. The van der Waals surface area contributed by atoms with Crippen molar-refractivity contribution < 1.29 is 19.4 Å². The number of carbonyl (C=O) groups excluding carboxylic acids is 2. The number of amides is 2. The molecule has 2 rings (SSSR count). The fourth-order valence-corrected chi connectivity index (χ4v) is 2.85. The predicted molar refractivity (Wildman–Crippen MR) is 96.9 cm³/mol. The Labute approximate surface area is 149 Å². The van der Waals surface area contributed by atoms with Gasteiger partial charge < -0.3 is 14.7 Å². The summed E-state index contributed by atoms with van der Waals surface area (Å²) in [6.45, 7) is 8.93. The summed E-state index contributed by atoms with van der Waals surface area (Å²) in [5, 5.41) is 12.8. The maximum absolute atomic E-state index is 12.7. The van der Waals surface area contributed by atoms with Gasteiger partial charge in [0.2, 0.25) is 0 Å². The Bertz CT molecular complexity index is 637. The zero-order valence-corrected chi connectivity index (χ0v) is 15.5. The van der Waals surface area contributed by atoms with Gasteiger partial charge in [-0.3, -0.25) is 10.1 Å². The molecule has 1 aromatic carbocycles. The zero-order chi connectivity index (χ0) is 18.6. The predicted octanol–water partition coefficient (Wildman–Crippen LogP) is 4.00. The van der Waals surface area contributed by atoms with Gasteiger partial charge in [-0.1, -0.05) is 6.92 Å². The van der Waals surface area contributed by atoms with Crippen molar-refractivity contribution in [2.45, 2.75) is 52.6 Å². The zero-order valence-electron chi connectivity index (χ0n) is 15.5. The van der Waals surface area contributed by atoms with Crippen LogP contribution in [0.25, 0.3) is 0 Å². The molecule has 1 heterocycles. The van der Waals surface area contributed by atoms with Gasteiger partial charge >= 0.3 is 6.09 Å². The second-order valence-corrected chi connectivity index (χ2v) is 7.69. The lowest BCUT2D eigenvalue weighted by Crippen LogP contribution is -2.32. The van der Waals surface area contributed by atoms with Crippen LogP contribution in [0.4, 0.5) is 10.5 Å². The number of rotatable bonds is 2. The van der Waals surface area contributed by atoms with E-state index in [0.29, 0.717) is 24.7 Å². The summed E-state index contributed by atoms with van der Waals surface area (Å²) in [4.78, 5) is 26.2. The van der Waals surface area contributed by atoms with E-state index in [1.165, 1.54) is 6.07 Å². The smallest absolute Gasteiger partial charge is 0.412 e. The topological polar surface area (TPSA) is 78.9 Å². The summed E-state index contributed by atoms with van der Waals surface area (Å²) >= 11 is 0. The standard InChI is InChI=1S/C19H28N2O4/c1-13-6-5-10-21(11-9-13)17(23)15-8-7-14(12-16(15)22)20-18(24)25-19(2,3)4/h7-8,12-13,22H,5-6,9-11H2,1-4H3,(H,20,24). The van der Waals surface area contributed by atoms with Crippen LogP contribution >= 0.6 is 0 Å². The third-order valence-electron chi connectivity index (χ3n) is 4.18. The van der Waals surface area contributed by atoms with Gasteiger partial charge in [0.05, 0.1) is 5.56 Å². The summed E-state index contributed by atoms with van der Waals surface area (Å²) in [7, 11) is 0. The minimum atomic E-state index is -0.605. The van der Waals surface area contributed by atoms with E-state index in [1.807, 2.05) is 0 Å². The first kappa shape index (κ1) is 19.1. The van der Waals surface area contributed by atoms with Crippen LogP contribution in [-0.2, 0) is 4.74 Å². The van der Waals surface area contributed by atoms with E-state index in [4.69, 9.17) is 4.74 Å². The van der Waals surface area contributed by atoms with Crippen LogP contribution in [0.2, 0.25) is 0 Å². The Morgan fingerprint density at radius 3 is 2.60 bits per heavy atom. The van der Waals surface area contributed by atoms with E-state index in [0.717, 1.165) is 19.3 Å². The molecule has 0 spiro atoms.